The number of carbonyl (C=O) groups excluding carboxylic acids is 3. The van der Waals surface area contributed by atoms with E-state index in [4.69, 9.17) is 5.10 Å². The third kappa shape index (κ3) is 6.17. The Bertz CT molecular complexity index is 1950. The van der Waals surface area contributed by atoms with E-state index in [-0.39, 0.29) is 12.5 Å². The van der Waals surface area contributed by atoms with Crippen LogP contribution in [0, 0.1) is 17.2 Å². The lowest BCUT2D eigenvalue weighted by Gasteiger charge is -2.32. The van der Waals surface area contributed by atoms with E-state index in [1.54, 1.807) is 61.0 Å². The number of nitrogens with zero attached hydrogens (tertiary/aromatic N) is 5. The molecule has 2 heterocycles. The molecule has 0 fully saturated rings. The molecule has 0 bridgehead atoms. The summed E-state index contributed by atoms with van der Waals surface area (Å²) in [5.41, 5.74) is 2.96. The maximum Gasteiger partial charge on any atom is 0.252 e. The number of sulfone groups is 1. The van der Waals surface area contributed by atoms with Crippen molar-refractivity contribution in [1.82, 2.24) is 15.1 Å². The molecule has 1 aliphatic heterocycles. The molecule has 0 aliphatic carbocycles. The molecule has 1 aliphatic rings. The minimum absolute atomic E-state index is 0.0331. The first-order chi connectivity index (χ1) is 21.4. The molecule has 3 amide bonds. The summed E-state index contributed by atoms with van der Waals surface area (Å²) >= 11 is 0. The second-order valence-electron chi connectivity index (χ2n) is 11.3. The van der Waals surface area contributed by atoms with Gasteiger partial charge in [-0.1, -0.05) is 56.3 Å². The van der Waals surface area contributed by atoms with Crippen molar-refractivity contribution in [2.24, 2.45) is 5.92 Å². The van der Waals surface area contributed by atoms with Crippen LogP contribution in [0.5, 0.6) is 0 Å². The van der Waals surface area contributed by atoms with Crippen LogP contribution in [0.3, 0.4) is 0 Å². The van der Waals surface area contributed by atoms with Crippen molar-refractivity contribution in [1.29, 1.82) is 5.26 Å². The third-order valence-corrected chi connectivity index (χ3v) is 8.86. The molecule has 3 atom stereocenters. The van der Waals surface area contributed by atoms with Gasteiger partial charge in [0, 0.05) is 17.6 Å². The van der Waals surface area contributed by atoms with Crippen LogP contribution >= 0.6 is 0 Å². The largest absolute Gasteiger partial charge is 0.342 e. The Labute approximate surface area is 262 Å². The van der Waals surface area contributed by atoms with Crippen molar-refractivity contribution < 1.29 is 22.8 Å². The van der Waals surface area contributed by atoms with Crippen LogP contribution < -0.4 is 15.1 Å². The SMILES string of the molecule is CC[C@@H](C)C(=O)N[C@@H]1C(=O)N(Cc2nn(-c3ccccc3C#N)c3ccccc23)c2ccccc2N(C(=O)CS(C)(=O)=O)[C@H]1C. The molecule has 0 saturated heterocycles. The average molecular weight is 627 g/mol. The van der Waals surface area contributed by atoms with Crippen LogP contribution in [0.15, 0.2) is 72.8 Å². The van der Waals surface area contributed by atoms with Crippen LogP contribution in [0.1, 0.15) is 38.4 Å². The summed E-state index contributed by atoms with van der Waals surface area (Å²) in [4.78, 5) is 44.0. The van der Waals surface area contributed by atoms with Crippen molar-refractivity contribution in [3.63, 3.8) is 0 Å². The smallest absolute Gasteiger partial charge is 0.252 e. The van der Waals surface area contributed by atoms with Crippen LogP contribution in [0.4, 0.5) is 11.4 Å². The number of anilines is 2. The number of hydrogen-bond donors (Lipinski definition) is 1. The molecule has 1 aromatic heterocycles. The fourth-order valence-corrected chi connectivity index (χ4v) is 6.16. The van der Waals surface area contributed by atoms with Gasteiger partial charge in [-0.25, -0.2) is 13.1 Å². The van der Waals surface area contributed by atoms with Gasteiger partial charge in [-0.15, -0.1) is 0 Å². The van der Waals surface area contributed by atoms with Gasteiger partial charge >= 0.3 is 0 Å². The molecule has 11 nitrogen and oxygen atoms in total. The lowest BCUT2D eigenvalue weighted by Crippen LogP contribution is -2.59. The fourth-order valence-electron chi connectivity index (χ4n) is 5.57. The molecule has 1 N–H and O–H groups in total. The number of nitriles is 1. The first-order valence-electron chi connectivity index (χ1n) is 14.6. The van der Waals surface area contributed by atoms with Gasteiger partial charge in [0.1, 0.15) is 17.9 Å². The number of hydrogen-bond acceptors (Lipinski definition) is 7. The first-order valence-corrected chi connectivity index (χ1v) is 16.7. The molecule has 0 spiro atoms. The predicted molar refractivity (Wildman–Crippen MR) is 171 cm³/mol. The Hall–Kier alpha value is -5.02. The topological polar surface area (TPSA) is 145 Å². The summed E-state index contributed by atoms with van der Waals surface area (Å²) in [6.07, 6.45) is 1.51. The number of benzene rings is 3. The van der Waals surface area contributed by atoms with E-state index in [9.17, 15) is 28.1 Å². The molecule has 0 unspecified atom stereocenters. The summed E-state index contributed by atoms with van der Waals surface area (Å²) < 4.78 is 26.1. The zero-order valence-electron chi connectivity index (χ0n) is 25.5. The first kappa shape index (κ1) is 31.4. The summed E-state index contributed by atoms with van der Waals surface area (Å²) in [5, 5.41) is 18.2. The second-order valence-corrected chi connectivity index (χ2v) is 13.4. The zero-order valence-corrected chi connectivity index (χ0v) is 26.3. The number of nitrogens with one attached hydrogen (secondary N) is 1. The lowest BCUT2D eigenvalue weighted by atomic mass is 10.0. The Morgan fingerprint density at radius 1 is 1.00 bits per heavy atom. The Kier molecular flexibility index (Phi) is 8.75. The van der Waals surface area contributed by atoms with Gasteiger partial charge in [0.05, 0.1) is 46.4 Å². The molecule has 0 saturated carbocycles. The molecule has 45 heavy (non-hydrogen) atoms. The lowest BCUT2D eigenvalue weighted by molar-refractivity contribution is -0.130. The number of fused-ring (bicyclic) bond motifs is 2. The molecule has 3 aromatic carbocycles. The highest BCUT2D eigenvalue weighted by Gasteiger charge is 2.43. The van der Waals surface area contributed by atoms with Crippen molar-refractivity contribution in [3.8, 4) is 11.8 Å². The Balaban J connectivity index is 1.68. The van der Waals surface area contributed by atoms with Gasteiger partial charge in [0.2, 0.25) is 11.8 Å². The van der Waals surface area contributed by atoms with Crippen molar-refractivity contribution in [3.05, 3.63) is 84.1 Å². The number of amides is 3. The van der Waals surface area contributed by atoms with Crippen molar-refractivity contribution in [2.45, 2.75) is 45.8 Å². The van der Waals surface area contributed by atoms with E-state index >= 15 is 0 Å². The van der Waals surface area contributed by atoms with E-state index < -0.39 is 45.4 Å². The zero-order chi connectivity index (χ0) is 32.5. The molecular formula is C33H34N6O5S. The maximum absolute atomic E-state index is 14.5. The number of para-hydroxylation sites is 4. The van der Waals surface area contributed by atoms with Gasteiger partial charge in [-0.05, 0) is 43.7 Å². The molecule has 0 radical (unpaired) electrons. The summed E-state index contributed by atoms with van der Waals surface area (Å²) in [6.45, 7) is 5.20. The number of carbonyl (C=O) groups is 3. The average Bonchev–Trinajstić information content (AvgIpc) is 3.35. The minimum atomic E-state index is -3.71. The van der Waals surface area contributed by atoms with Crippen LogP contribution in [-0.2, 0) is 30.8 Å². The molecular weight excluding hydrogens is 592 g/mol. The quantitative estimate of drug-likeness (QED) is 0.314. The van der Waals surface area contributed by atoms with Crippen LogP contribution in [0.25, 0.3) is 16.6 Å². The summed E-state index contributed by atoms with van der Waals surface area (Å²) in [6, 6.07) is 21.4. The highest BCUT2D eigenvalue weighted by Crippen LogP contribution is 2.37. The molecule has 232 valence electrons. The molecule has 12 heteroatoms. The summed E-state index contributed by atoms with van der Waals surface area (Å²) in [5.74, 6) is -2.70. The van der Waals surface area contributed by atoms with Gasteiger partial charge in [-0.3, -0.25) is 14.4 Å². The van der Waals surface area contributed by atoms with Gasteiger partial charge in [0.25, 0.3) is 5.91 Å². The van der Waals surface area contributed by atoms with Crippen LogP contribution in [0.2, 0.25) is 0 Å². The summed E-state index contributed by atoms with van der Waals surface area (Å²) in [7, 11) is -3.71. The van der Waals surface area contributed by atoms with Gasteiger partial charge in [-0.2, -0.15) is 10.4 Å². The van der Waals surface area contributed by atoms with Gasteiger partial charge < -0.3 is 15.1 Å². The second kappa shape index (κ2) is 12.5. The Morgan fingerprint density at radius 3 is 2.29 bits per heavy atom. The van der Waals surface area contributed by atoms with E-state index in [1.807, 2.05) is 37.3 Å². The normalized spacial score (nSPS) is 17.4. The number of rotatable bonds is 8. The predicted octanol–water partition coefficient (Wildman–Crippen LogP) is 3.74. The standard InChI is InChI=1S/C33H34N6O5S/c1-5-21(2)32(41)35-31-22(3)38(30(40)20-45(4,43)44)29-17-11-10-16-28(29)37(33(31)42)19-25-24-13-7-9-15-27(24)39(36-25)26-14-8-6-12-23(26)18-34/h6-17,21-22,31H,5,19-20H2,1-4H3,(H,35,41)/t21-,22+,31+/m1/s1. The van der Waals surface area contributed by atoms with Crippen LogP contribution in [-0.4, -0.2) is 60.0 Å². The third-order valence-electron chi connectivity index (χ3n) is 8.09. The van der Waals surface area contributed by atoms with Crippen molar-refractivity contribution >= 4 is 49.8 Å². The van der Waals surface area contributed by atoms with E-state index in [1.165, 1.54) is 9.80 Å². The molecule has 5 rings (SSSR count). The van der Waals surface area contributed by atoms with E-state index in [0.717, 1.165) is 17.2 Å². The molecule has 4 aromatic rings. The van der Waals surface area contributed by atoms with Crippen molar-refractivity contribution in [2.75, 3.05) is 21.8 Å². The van der Waals surface area contributed by atoms with E-state index in [0.29, 0.717) is 34.7 Å². The maximum atomic E-state index is 14.5. The fraction of sp³-hybridized carbons (Fsp3) is 0.303. The Morgan fingerprint density at radius 2 is 1.62 bits per heavy atom. The minimum Gasteiger partial charge on any atom is -0.342 e. The highest BCUT2D eigenvalue weighted by molar-refractivity contribution is 7.91. The monoisotopic (exact) mass is 626 g/mol. The number of aromatic nitrogens is 2. The van der Waals surface area contributed by atoms with E-state index in [2.05, 4.69) is 11.4 Å². The highest BCUT2D eigenvalue weighted by atomic mass is 32.2. The van der Waals surface area contributed by atoms with Gasteiger partial charge in [0.15, 0.2) is 9.84 Å².